The highest BCUT2D eigenvalue weighted by Gasteiger charge is 2.25. The number of halogens is 1. The van der Waals surface area contributed by atoms with Gasteiger partial charge in [-0.15, -0.1) is 11.8 Å². The fourth-order valence-electron chi connectivity index (χ4n) is 2.11. The molecule has 1 aliphatic heterocycles. The number of furan rings is 1. The minimum absolute atomic E-state index is 0.0526. The van der Waals surface area contributed by atoms with Crippen LogP contribution in [0, 0.1) is 0 Å². The highest BCUT2D eigenvalue weighted by atomic mass is 79.9. The molecule has 20 heavy (non-hydrogen) atoms. The van der Waals surface area contributed by atoms with Gasteiger partial charge < -0.3 is 15.3 Å². The van der Waals surface area contributed by atoms with Gasteiger partial charge in [-0.1, -0.05) is 46.3 Å². The lowest BCUT2D eigenvalue weighted by Crippen LogP contribution is -1.88. The van der Waals surface area contributed by atoms with Gasteiger partial charge in [0, 0.05) is 4.47 Å². The molecule has 3 nitrogen and oxygen atoms in total. The summed E-state index contributed by atoms with van der Waals surface area (Å²) in [6.45, 7) is 0. The molecule has 0 aliphatic carbocycles. The molecule has 1 aliphatic rings. The van der Waals surface area contributed by atoms with E-state index in [4.69, 9.17) is 10.2 Å². The van der Waals surface area contributed by atoms with E-state index in [0.717, 1.165) is 10.0 Å². The Labute approximate surface area is 129 Å². The third kappa shape index (κ3) is 2.39. The predicted molar refractivity (Wildman–Crippen MR) is 86.5 cm³/mol. The number of hydrogen-bond acceptors (Lipinski definition) is 4. The summed E-state index contributed by atoms with van der Waals surface area (Å²) in [5.41, 5.74) is 7.31. The molecule has 1 aromatic carbocycles. The van der Waals surface area contributed by atoms with Crippen molar-refractivity contribution in [2.24, 2.45) is 0 Å². The number of nitrogen functional groups attached to an aromatic ring is 1. The molecule has 1 aromatic heterocycles. The molecule has 2 aromatic rings. The van der Waals surface area contributed by atoms with Gasteiger partial charge in [-0.05, 0) is 23.1 Å². The summed E-state index contributed by atoms with van der Waals surface area (Å²) in [4.78, 5) is 0. The van der Waals surface area contributed by atoms with E-state index in [1.54, 1.807) is 11.8 Å². The molecule has 0 radical (unpaired) electrons. The fraction of sp³-hybridized carbons (Fsp3) is 0.0667. The minimum atomic E-state index is -0.0526. The number of anilines is 1. The molecule has 3 N–H and O–H groups in total. The van der Waals surface area contributed by atoms with Crippen molar-refractivity contribution >= 4 is 33.6 Å². The Kier molecular flexibility index (Phi) is 3.63. The maximum atomic E-state index is 10.4. The molecule has 0 bridgehead atoms. The number of aromatic hydroxyl groups is 1. The number of thioether (sulfide) groups is 1. The number of rotatable bonds is 2. The van der Waals surface area contributed by atoms with Crippen molar-refractivity contribution in [2.75, 3.05) is 5.73 Å². The molecule has 2 heterocycles. The fourth-order valence-corrected chi connectivity index (χ4v) is 3.32. The van der Waals surface area contributed by atoms with Gasteiger partial charge in [0.15, 0.2) is 11.5 Å². The molecule has 0 spiro atoms. The maximum absolute atomic E-state index is 10.4. The number of hydrogen-bond donors (Lipinski definition) is 2. The standard InChI is InChI=1S/C15H12BrNO2S/c16-10-5-3-4-9(8-10)12-13(18)14(19-15(12)17)11-6-1-2-7-20-11/h1-8,11,18H,17H2. The number of nitrogens with two attached hydrogens (primary N) is 1. The van der Waals surface area contributed by atoms with E-state index >= 15 is 0 Å². The van der Waals surface area contributed by atoms with Gasteiger partial charge in [-0.2, -0.15) is 0 Å². The number of benzene rings is 1. The Bertz CT molecular complexity index is 706. The summed E-state index contributed by atoms with van der Waals surface area (Å²) in [6.07, 6.45) is 5.84. The SMILES string of the molecule is Nc1oc(C2C=CC=CS2)c(O)c1-c1cccc(Br)c1. The smallest absolute Gasteiger partial charge is 0.202 e. The molecule has 102 valence electrons. The van der Waals surface area contributed by atoms with Crippen LogP contribution in [-0.4, -0.2) is 5.11 Å². The van der Waals surface area contributed by atoms with Gasteiger partial charge in [-0.3, -0.25) is 0 Å². The average Bonchev–Trinajstić information content (AvgIpc) is 2.75. The summed E-state index contributed by atoms with van der Waals surface area (Å²) < 4.78 is 6.51. The zero-order chi connectivity index (χ0) is 14.1. The summed E-state index contributed by atoms with van der Waals surface area (Å²) in [6, 6.07) is 7.60. The Morgan fingerprint density at radius 2 is 2.15 bits per heavy atom. The molecule has 0 saturated heterocycles. The summed E-state index contributed by atoms with van der Waals surface area (Å²) >= 11 is 4.98. The van der Waals surface area contributed by atoms with Crippen LogP contribution in [0.1, 0.15) is 11.0 Å². The quantitative estimate of drug-likeness (QED) is 0.813. The van der Waals surface area contributed by atoms with Crippen molar-refractivity contribution in [2.45, 2.75) is 5.25 Å². The van der Waals surface area contributed by atoms with Crippen molar-refractivity contribution in [3.63, 3.8) is 0 Å². The van der Waals surface area contributed by atoms with E-state index in [1.165, 1.54) is 0 Å². The van der Waals surface area contributed by atoms with Crippen LogP contribution in [0.25, 0.3) is 11.1 Å². The van der Waals surface area contributed by atoms with Crippen molar-refractivity contribution in [3.8, 4) is 16.9 Å². The Morgan fingerprint density at radius 3 is 2.85 bits per heavy atom. The topological polar surface area (TPSA) is 59.4 Å². The zero-order valence-corrected chi connectivity index (χ0v) is 12.8. The lowest BCUT2D eigenvalue weighted by molar-refractivity contribution is 0.440. The summed E-state index contributed by atoms with van der Waals surface area (Å²) in [5.74, 6) is 0.834. The van der Waals surface area contributed by atoms with Gasteiger partial charge in [0.05, 0.1) is 10.8 Å². The van der Waals surface area contributed by atoms with Crippen molar-refractivity contribution < 1.29 is 9.52 Å². The first-order valence-corrected chi connectivity index (χ1v) is 7.76. The first-order valence-electron chi connectivity index (χ1n) is 6.02. The third-order valence-corrected chi connectivity index (χ3v) is 4.48. The monoisotopic (exact) mass is 349 g/mol. The van der Waals surface area contributed by atoms with E-state index in [2.05, 4.69) is 15.9 Å². The van der Waals surface area contributed by atoms with Gasteiger partial charge in [0.25, 0.3) is 0 Å². The Hall–Kier alpha value is -1.59. The van der Waals surface area contributed by atoms with Crippen LogP contribution in [0.15, 0.2) is 56.8 Å². The molecule has 1 unspecified atom stereocenters. The van der Waals surface area contributed by atoms with E-state index in [0.29, 0.717) is 11.3 Å². The van der Waals surface area contributed by atoms with E-state index in [9.17, 15) is 5.11 Å². The van der Waals surface area contributed by atoms with E-state index in [1.807, 2.05) is 47.9 Å². The Morgan fingerprint density at radius 1 is 1.30 bits per heavy atom. The van der Waals surface area contributed by atoms with Gasteiger partial charge in [0.2, 0.25) is 5.88 Å². The first-order chi connectivity index (χ1) is 9.66. The highest BCUT2D eigenvalue weighted by molar-refractivity contribution is 9.10. The van der Waals surface area contributed by atoms with Gasteiger partial charge in [0.1, 0.15) is 0 Å². The highest BCUT2D eigenvalue weighted by Crippen LogP contribution is 2.47. The second-order valence-corrected chi connectivity index (χ2v) is 6.30. The molecular formula is C15H12BrNO2S. The van der Waals surface area contributed by atoms with Crippen LogP contribution >= 0.6 is 27.7 Å². The minimum Gasteiger partial charge on any atom is -0.504 e. The molecule has 0 saturated carbocycles. The van der Waals surface area contributed by atoms with Crippen molar-refractivity contribution in [1.29, 1.82) is 0 Å². The summed E-state index contributed by atoms with van der Waals surface area (Å²) in [5, 5.41) is 12.4. The molecule has 0 amide bonds. The van der Waals surface area contributed by atoms with Crippen LogP contribution in [0.5, 0.6) is 5.75 Å². The van der Waals surface area contributed by atoms with Crippen LogP contribution in [0.2, 0.25) is 0 Å². The Balaban J connectivity index is 2.07. The van der Waals surface area contributed by atoms with E-state index in [-0.39, 0.29) is 16.9 Å². The van der Waals surface area contributed by atoms with Crippen molar-refractivity contribution in [3.05, 3.63) is 58.1 Å². The van der Waals surface area contributed by atoms with Gasteiger partial charge in [-0.25, -0.2) is 0 Å². The van der Waals surface area contributed by atoms with Crippen LogP contribution in [-0.2, 0) is 0 Å². The van der Waals surface area contributed by atoms with E-state index < -0.39 is 0 Å². The largest absolute Gasteiger partial charge is 0.504 e. The first kappa shape index (κ1) is 13.4. The second kappa shape index (κ2) is 5.42. The second-order valence-electron chi connectivity index (χ2n) is 4.33. The van der Waals surface area contributed by atoms with Crippen LogP contribution in [0.4, 0.5) is 5.88 Å². The normalized spacial score (nSPS) is 17.6. The molecule has 1 atom stereocenters. The maximum Gasteiger partial charge on any atom is 0.202 e. The average molecular weight is 350 g/mol. The third-order valence-electron chi connectivity index (χ3n) is 3.01. The molecule has 0 fully saturated rings. The number of allylic oxidation sites excluding steroid dienone is 2. The molecule has 5 heteroatoms. The summed E-state index contributed by atoms with van der Waals surface area (Å²) in [7, 11) is 0. The van der Waals surface area contributed by atoms with Crippen LogP contribution < -0.4 is 5.73 Å². The lowest BCUT2D eigenvalue weighted by Gasteiger charge is -2.09. The zero-order valence-electron chi connectivity index (χ0n) is 10.4. The van der Waals surface area contributed by atoms with Gasteiger partial charge >= 0.3 is 0 Å². The van der Waals surface area contributed by atoms with Crippen molar-refractivity contribution in [1.82, 2.24) is 0 Å². The molecule has 3 rings (SSSR count). The van der Waals surface area contributed by atoms with Crippen LogP contribution in [0.3, 0.4) is 0 Å². The predicted octanol–water partition coefficient (Wildman–Crippen LogP) is 4.85. The lowest BCUT2D eigenvalue weighted by atomic mass is 10.1. The molecular weight excluding hydrogens is 338 g/mol.